The Balaban J connectivity index is 1.97. The maximum atomic E-state index is 10.8. The molecule has 2 heterocycles. The highest BCUT2D eigenvalue weighted by Gasteiger charge is 2.17. The first-order valence-electron chi connectivity index (χ1n) is 6.67. The van der Waals surface area contributed by atoms with Crippen molar-refractivity contribution in [2.45, 2.75) is 11.7 Å². The van der Waals surface area contributed by atoms with Gasteiger partial charge < -0.3 is 15.4 Å². The van der Waals surface area contributed by atoms with Gasteiger partial charge in [-0.05, 0) is 5.56 Å². The number of carboxylic acids is 1. The second kappa shape index (κ2) is 6.80. The van der Waals surface area contributed by atoms with Crippen molar-refractivity contribution < 1.29 is 9.90 Å². The van der Waals surface area contributed by atoms with Crippen LogP contribution in [0.1, 0.15) is 5.56 Å². The average Bonchev–Trinajstić information content (AvgIpc) is 3.12. The molecule has 9 heteroatoms. The first kappa shape index (κ1) is 15.5. The van der Waals surface area contributed by atoms with E-state index in [4.69, 9.17) is 10.8 Å². The maximum Gasteiger partial charge on any atom is 0.313 e. The van der Waals surface area contributed by atoms with Gasteiger partial charge in [0.15, 0.2) is 10.2 Å². The van der Waals surface area contributed by atoms with Crippen molar-refractivity contribution in [2.24, 2.45) is 0 Å². The van der Waals surface area contributed by atoms with Gasteiger partial charge in [-0.1, -0.05) is 53.4 Å². The van der Waals surface area contributed by atoms with E-state index in [-0.39, 0.29) is 5.75 Å². The lowest BCUT2D eigenvalue weighted by atomic mass is 10.2. The Morgan fingerprint density at radius 3 is 2.74 bits per heavy atom. The minimum Gasteiger partial charge on any atom is -0.481 e. The highest BCUT2D eigenvalue weighted by molar-refractivity contribution is 7.99. The molecule has 0 unspecified atom stereocenters. The predicted octanol–water partition coefficient (Wildman–Crippen LogP) is 2.21. The third kappa shape index (κ3) is 3.69. The number of imidazole rings is 1. The Hall–Kier alpha value is -2.39. The predicted molar refractivity (Wildman–Crippen MR) is 89.4 cm³/mol. The van der Waals surface area contributed by atoms with Crippen LogP contribution in [0.2, 0.25) is 0 Å². The van der Waals surface area contributed by atoms with Crippen LogP contribution in [0.5, 0.6) is 0 Å². The van der Waals surface area contributed by atoms with Gasteiger partial charge in [0.25, 0.3) is 0 Å². The van der Waals surface area contributed by atoms with Crippen molar-refractivity contribution in [2.75, 3.05) is 11.5 Å². The normalized spacial score (nSPS) is 10.8. The summed E-state index contributed by atoms with van der Waals surface area (Å²) < 4.78 is 1.93. The van der Waals surface area contributed by atoms with Crippen LogP contribution in [-0.4, -0.2) is 36.6 Å². The lowest BCUT2D eigenvalue weighted by Gasteiger charge is -2.10. The van der Waals surface area contributed by atoms with Crippen molar-refractivity contribution in [3.8, 4) is 10.7 Å². The number of aromatic nitrogens is 4. The standard InChI is InChI=1S/C14H13N5O2S2/c15-13-18-17-12(23-13)10-6-16-14(22-8-11(20)21)19(10)7-9-4-2-1-3-5-9/h1-6H,7-8H2,(H2,15,18)(H,20,21). The molecule has 3 rings (SSSR count). The molecule has 0 amide bonds. The zero-order valence-corrected chi connectivity index (χ0v) is 13.5. The van der Waals surface area contributed by atoms with Crippen molar-refractivity contribution in [1.82, 2.24) is 19.7 Å². The average molecular weight is 347 g/mol. The van der Waals surface area contributed by atoms with Crippen LogP contribution in [0.4, 0.5) is 5.13 Å². The van der Waals surface area contributed by atoms with Crippen LogP contribution >= 0.6 is 23.1 Å². The molecule has 3 aromatic rings. The van der Waals surface area contributed by atoms with E-state index >= 15 is 0 Å². The Kier molecular flexibility index (Phi) is 4.58. The monoisotopic (exact) mass is 347 g/mol. The van der Waals surface area contributed by atoms with Gasteiger partial charge in [-0.15, -0.1) is 10.2 Å². The summed E-state index contributed by atoms with van der Waals surface area (Å²) in [5.74, 6) is -0.935. The number of carbonyl (C=O) groups is 1. The smallest absolute Gasteiger partial charge is 0.313 e. The van der Waals surface area contributed by atoms with Gasteiger partial charge in [0.2, 0.25) is 5.13 Å². The summed E-state index contributed by atoms with van der Waals surface area (Å²) in [7, 11) is 0. The quantitative estimate of drug-likeness (QED) is 0.658. The number of anilines is 1. The first-order chi connectivity index (χ1) is 11.1. The zero-order valence-electron chi connectivity index (χ0n) is 11.9. The summed E-state index contributed by atoms with van der Waals surface area (Å²) in [4.78, 5) is 15.2. The largest absolute Gasteiger partial charge is 0.481 e. The fourth-order valence-corrected chi connectivity index (χ4v) is 3.36. The molecular formula is C14H13N5O2S2. The summed E-state index contributed by atoms with van der Waals surface area (Å²) >= 11 is 2.45. The second-order valence-corrected chi connectivity index (χ2v) is 6.58. The number of nitrogen functional groups attached to an aromatic ring is 1. The third-order valence-corrected chi connectivity index (χ3v) is 4.74. The molecule has 0 radical (unpaired) electrons. The van der Waals surface area contributed by atoms with E-state index in [0.29, 0.717) is 21.8 Å². The van der Waals surface area contributed by atoms with E-state index in [2.05, 4.69) is 15.2 Å². The van der Waals surface area contributed by atoms with E-state index < -0.39 is 5.97 Å². The number of aliphatic carboxylic acids is 1. The van der Waals surface area contributed by atoms with E-state index in [1.807, 2.05) is 34.9 Å². The Bertz CT molecular complexity index is 816. The molecule has 1 aromatic carbocycles. The SMILES string of the molecule is Nc1nnc(-c2cnc(SCC(=O)O)n2Cc2ccccc2)s1. The van der Waals surface area contributed by atoms with Gasteiger partial charge in [-0.2, -0.15) is 0 Å². The molecule has 0 atom stereocenters. The number of hydrogen-bond donors (Lipinski definition) is 2. The molecule has 0 aliphatic heterocycles. The molecule has 0 aliphatic carbocycles. The van der Waals surface area contributed by atoms with Gasteiger partial charge in [0, 0.05) is 0 Å². The zero-order chi connectivity index (χ0) is 16.2. The van der Waals surface area contributed by atoms with Crippen molar-refractivity contribution >= 4 is 34.2 Å². The minimum absolute atomic E-state index is 0.0521. The lowest BCUT2D eigenvalue weighted by molar-refractivity contribution is -0.133. The van der Waals surface area contributed by atoms with Crippen molar-refractivity contribution in [3.63, 3.8) is 0 Å². The van der Waals surface area contributed by atoms with Gasteiger partial charge in [0.05, 0.1) is 18.5 Å². The Morgan fingerprint density at radius 2 is 2.09 bits per heavy atom. The highest BCUT2D eigenvalue weighted by atomic mass is 32.2. The topological polar surface area (TPSA) is 107 Å². The molecule has 0 saturated heterocycles. The van der Waals surface area contributed by atoms with Gasteiger partial charge in [-0.25, -0.2) is 4.98 Å². The van der Waals surface area contributed by atoms with E-state index in [1.165, 1.54) is 23.1 Å². The minimum atomic E-state index is -0.883. The van der Waals surface area contributed by atoms with E-state index in [0.717, 1.165) is 11.3 Å². The molecule has 0 spiro atoms. The molecule has 118 valence electrons. The summed E-state index contributed by atoms with van der Waals surface area (Å²) in [6, 6.07) is 9.87. The van der Waals surface area contributed by atoms with E-state index in [9.17, 15) is 4.79 Å². The van der Waals surface area contributed by atoms with Gasteiger partial charge in [0.1, 0.15) is 5.69 Å². The Morgan fingerprint density at radius 1 is 1.30 bits per heavy atom. The number of nitrogens with zero attached hydrogens (tertiary/aromatic N) is 4. The molecule has 7 nitrogen and oxygen atoms in total. The number of thioether (sulfide) groups is 1. The van der Waals surface area contributed by atoms with E-state index in [1.54, 1.807) is 6.20 Å². The van der Waals surface area contributed by atoms with Crippen LogP contribution < -0.4 is 5.73 Å². The molecule has 3 N–H and O–H groups in total. The van der Waals surface area contributed by atoms with Crippen molar-refractivity contribution in [1.29, 1.82) is 0 Å². The van der Waals surface area contributed by atoms with Crippen molar-refractivity contribution in [3.05, 3.63) is 42.1 Å². The molecule has 0 fully saturated rings. The molecular weight excluding hydrogens is 334 g/mol. The number of nitrogens with two attached hydrogens (primary N) is 1. The fourth-order valence-electron chi connectivity index (χ4n) is 2.03. The first-order valence-corrected chi connectivity index (χ1v) is 8.47. The van der Waals surface area contributed by atoms with Crippen LogP contribution in [0, 0.1) is 0 Å². The summed E-state index contributed by atoms with van der Waals surface area (Å²) in [5, 5.41) is 18.4. The van der Waals surface area contributed by atoms with Gasteiger partial charge >= 0.3 is 5.97 Å². The number of rotatable bonds is 6. The molecule has 23 heavy (non-hydrogen) atoms. The second-order valence-electron chi connectivity index (χ2n) is 4.63. The Labute approximate surface area is 140 Å². The molecule has 0 saturated carbocycles. The number of benzene rings is 1. The number of hydrogen-bond acceptors (Lipinski definition) is 7. The molecule has 2 aromatic heterocycles. The summed E-state index contributed by atoms with van der Waals surface area (Å²) in [6.07, 6.45) is 1.67. The molecule has 0 bridgehead atoms. The van der Waals surface area contributed by atoms with Crippen LogP contribution in [0.3, 0.4) is 0 Å². The van der Waals surface area contributed by atoms with Gasteiger partial charge in [-0.3, -0.25) is 4.79 Å². The molecule has 0 aliphatic rings. The highest BCUT2D eigenvalue weighted by Crippen LogP contribution is 2.29. The third-order valence-electron chi connectivity index (χ3n) is 2.99. The van der Waals surface area contributed by atoms with Crippen LogP contribution in [-0.2, 0) is 11.3 Å². The summed E-state index contributed by atoms with van der Waals surface area (Å²) in [6.45, 7) is 0.567. The van der Waals surface area contributed by atoms with Crippen LogP contribution in [0.15, 0.2) is 41.7 Å². The fraction of sp³-hybridized carbons (Fsp3) is 0.143. The lowest BCUT2D eigenvalue weighted by Crippen LogP contribution is -2.06. The summed E-state index contributed by atoms with van der Waals surface area (Å²) in [5.41, 5.74) is 7.51. The maximum absolute atomic E-state index is 10.8. The van der Waals surface area contributed by atoms with Crippen LogP contribution in [0.25, 0.3) is 10.7 Å². The number of carboxylic acid groups (broad SMARTS) is 1.